The number of ketones is 1. The lowest BCUT2D eigenvalue weighted by Crippen LogP contribution is -2.34. The number of thiocarbonyl (C=S) groups is 1. The van der Waals surface area contributed by atoms with Gasteiger partial charge >= 0.3 is 0 Å². The Hall–Kier alpha value is -3.12. The first-order valence-electron chi connectivity index (χ1n) is 8.57. The SMILES string of the molecule is CC(=O)c1ccc(NC(=S)N(Cc2cccnc2)Cc2ccccn2)cc1. The summed E-state index contributed by atoms with van der Waals surface area (Å²) in [5, 5.41) is 3.83. The minimum atomic E-state index is 0.0393. The number of carbonyl (C=O) groups is 1. The molecule has 0 bridgehead atoms. The number of anilines is 1. The highest BCUT2D eigenvalue weighted by Gasteiger charge is 2.13. The lowest BCUT2D eigenvalue weighted by atomic mass is 10.1. The Morgan fingerprint density at radius 2 is 1.85 bits per heavy atom. The van der Waals surface area contributed by atoms with Crippen molar-refractivity contribution in [2.75, 3.05) is 5.32 Å². The number of rotatable bonds is 6. The molecule has 2 heterocycles. The maximum absolute atomic E-state index is 11.4. The van der Waals surface area contributed by atoms with Gasteiger partial charge in [-0.15, -0.1) is 0 Å². The predicted molar refractivity (Wildman–Crippen MR) is 110 cm³/mol. The van der Waals surface area contributed by atoms with E-state index in [1.54, 1.807) is 31.5 Å². The smallest absolute Gasteiger partial charge is 0.174 e. The molecule has 0 saturated carbocycles. The predicted octanol–water partition coefficient (Wildman–Crippen LogP) is 4.08. The van der Waals surface area contributed by atoms with Crippen LogP contribution in [0.25, 0.3) is 0 Å². The topological polar surface area (TPSA) is 58.1 Å². The zero-order valence-corrected chi connectivity index (χ0v) is 15.8. The summed E-state index contributed by atoms with van der Waals surface area (Å²) in [4.78, 5) is 22.0. The molecule has 0 radical (unpaired) electrons. The van der Waals surface area contributed by atoms with E-state index in [-0.39, 0.29) is 5.78 Å². The van der Waals surface area contributed by atoms with E-state index in [1.165, 1.54) is 0 Å². The van der Waals surface area contributed by atoms with Crippen LogP contribution in [0, 0.1) is 0 Å². The van der Waals surface area contributed by atoms with Gasteiger partial charge in [-0.1, -0.05) is 12.1 Å². The van der Waals surface area contributed by atoms with Gasteiger partial charge in [0.15, 0.2) is 10.9 Å². The van der Waals surface area contributed by atoms with Crippen molar-refractivity contribution in [3.8, 4) is 0 Å². The van der Waals surface area contributed by atoms with Gasteiger partial charge in [-0.25, -0.2) is 0 Å². The Bertz CT molecular complexity index is 857. The number of hydrogen-bond donors (Lipinski definition) is 1. The number of Topliss-reactive ketones (excluding diaryl/α,β-unsaturated/α-hetero) is 1. The van der Waals surface area contributed by atoms with Crippen LogP contribution in [-0.2, 0) is 13.1 Å². The van der Waals surface area contributed by atoms with Gasteiger partial charge in [-0.05, 0) is 67.2 Å². The molecule has 3 rings (SSSR count). The van der Waals surface area contributed by atoms with Gasteiger partial charge in [0, 0.05) is 36.4 Å². The summed E-state index contributed by atoms with van der Waals surface area (Å²) in [5.74, 6) is 0.0393. The maximum Gasteiger partial charge on any atom is 0.174 e. The largest absolute Gasteiger partial charge is 0.339 e. The molecule has 0 unspecified atom stereocenters. The average molecular weight is 376 g/mol. The van der Waals surface area contributed by atoms with Crippen molar-refractivity contribution in [3.05, 3.63) is 90.0 Å². The molecular formula is C21H20N4OS. The summed E-state index contributed by atoms with van der Waals surface area (Å²) in [6.45, 7) is 2.74. The highest BCUT2D eigenvalue weighted by atomic mass is 32.1. The fourth-order valence-electron chi connectivity index (χ4n) is 2.59. The fraction of sp³-hybridized carbons (Fsp3) is 0.143. The number of hydrogen-bond acceptors (Lipinski definition) is 4. The summed E-state index contributed by atoms with van der Waals surface area (Å²) in [5.41, 5.74) is 3.50. The molecule has 0 atom stereocenters. The molecule has 0 spiro atoms. The number of benzene rings is 1. The maximum atomic E-state index is 11.4. The average Bonchev–Trinajstić information content (AvgIpc) is 2.69. The summed E-state index contributed by atoms with van der Waals surface area (Å²) in [6, 6.07) is 17.0. The van der Waals surface area contributed by atoms with E-state index in [2.05, 4.69) is 15.3 Å². The normalized spacial score (nSPS) is 10.3. The highest BCUT2D eigenvalue weighted by molar-refractivity contribution is 7.80. The zero-order chi connectivity index (χ0) is 19.1. The van der Waals surface area contributed by atoms with Gasteiger partial charge in [0.1, 0.15) is 0 Å². The number of nitrogens with zero attached hydrogens (tertiary/aromatic N) is 3. The number of nitrogens with one attached hydrogen (secondary N) is 1. The second kappa shape index (κ2) is 9.00. The zero-order valence-electron chi connectivity index (χ0n) is 15.0. The molecule has 1 N–H and O–H groups in total. The van der Waals surface area contributed by atoms with E-state index in [1.807, 2.05) is 53.6 Å². The first-order valence-corrected chi connectivity index (χ1v) is 8.98. The molecule has 0 amide bonds. The van der Waals surface area contributed by atoms with Gasteiger partial charge in [0.25, 0.3) is 0 Å². The van der Waals surface area contributed by atoms with E-state index in [9.17, 15) is 4.79 Å². The Kier molecular flexibility index (Phi) is 6.22. The molecular weight excluding hydrogens is 356 g/mol. The summed E-state index contributed by atoms with van der Waals surface area (Å²) < 4.78 is 0. The molecule has 0 fully saturated rings. The van der Waals surface area contributed by atoms with Gasteiger partial charge in [0.05, 0.1) is 12.2 Å². The van der Waals surface area contributed by atoms with E-state index >= 15 is 0 Å². The van der Waals surface area contributed by atoms with E-state index in [4.69, 9.17) is 12.2 Å². The van der Waals surface area contributed by atoms with Crippen molar-refractivity contribution in [1.82, 2.24) is 14.9 Å². The van der Waals surface area contributed by atoms with Crippen LogP contribution in [0.4, 0.5) is 5.69 Å². The molecule has 0 aliphatic rings. The quantitative estimate of drug-likeness (QED) is 0.517. The molecule has 0 aliphatic heterocycles. The third-order valence-corrected chi connectivity index (χ3v) is 4.37. The van der Waals surface area contributed by atoms with Crippen molar-refractivity contribution in [2.24, 2.45) is 0 Å². The third-order valence-electron chi connectivity index (χ3n) is 4.01. The van der Waals surface area contributed by atoms with Gasteiger partial charge in [-0.3, -0.25) is 14.8 Å². The minimum Gasteiger partial charge on any atom is -0.339 e. The molecule has 0 saturated heterocycles. The summed E-state index contributed by atoms with van der Waals surface area (Å²) in [6.07, 6.45) is 5.35. The van der Waals surface area contributed by atoms with Crippen molar-refractivity contribution in [2.45, 2.75) is 20.0 Å². The van der Waals surface area contributed by atoms with Crippen LogP contribution < -0.4 is 5.32 Å². The molecule has 2 aromatic heterocycles. The number of pyridine rings is 2. The van der Waals surface area contributed by atoms with Crippen LogP contribution in [0.5, 0.6) is 0 Å². The first kappa shape index (κ1) is 18.7. The highest BCUT2D eigenvalue weighted by Crippen LogP contribution is 2.14. The lowest BCUT2D eigenvalue weighted by Gasteiger charge is -2.25. The van der Waals surface area contributed by atoms with Gasteiger partial charge in [0.2, 0.25) is 0 Å². The van der Waals surface area contributed by atoms with Crippen LogP contribution in [0.1, 0.15) is 28.5 Å². The Morgan fingerprint density at radius 1 is 1.04 bits per heavy atom. The number of carbonyl (C=O) groups excluding carboxylic acids is 1. The van der Waals surface area contributed by atoms with Crippen LogP contribution in [-0.4, -0.2) is 25.8 Å². The van der Waals surface area contributed by atoms with E-state index in [0.29, 0.717) is 23.8 Å². The second-order valence-corrected chi connectivity index (χ2v) is 6.49. The van der Waals surface area contributed by atoms with Crippen molar-refractivity contribution in [3.63, 3.8) is 0 Å². The van der Waals surface area contributed by atoms with Crippen molar-refractivity contribution in [1.29, 1.82) is 0 Å². The van der Waals surface area contributed by atoms with Crippen LogP contribution >= 0.6 is 12.2 Å². The van der Waals surface area contributed by atoms with Crippen LogP contribution in [0.2, 0.25) is 0 Å². The van der Waals surface area contributed by atoms with Gasteiger partial charge < -0.3 is 10.2 Å². The molecule has 136 valence electrons. The minimum absolute atomic E-state index is 0.0393. The number of aromatic nitrogens is 2. The fourth-order valence-corrected chi connectivity index (χ4v) is 2.84. The van der Waals surface area contributed by atoms with Crippen molar-refractivity contribution >= 4 is 28.8 Å². The standard InChI is InChI=1S/C21H20N4OS/c1-16(26)18-7-9-19(10-8-18)24-21(27)25(14-17-5-4-11-22-13-17)15-20-6-2-3-12-23-20/h2-13H,14-15H2,1H3,(H,24,27). The van der Waals surface area contributed by atoms with E-state index < -0.39 is 0 Å². The Morgan fingerprint density at radius 3 is 2.48 bits per heavy atom. The molecule has 0 aliphatic carbocycles. The monoisotopic (exact) mass is 376 g/mol. The van der Waals surface area contributed by atoms with Crippen LogP contribution in [0.3, 0.4) is 0 Å². The Balaban J connectivity index is 1.76. The molecule has 6 heteroatoms. The van der Waals surface area contributed by atoms with E-state index in [0.717, 1.165) is 16.9 Å². The summed E-state index contributed by atoms with van der Waals surface area (Å²) in [7, 11) is 0. The molecule has 5 nitrogen and oxygen atoms in total. The first-order chi connectivity index (χ1) is 13.1. The molecule has 27 heavy (non-hydrogen) atoms. The molecule has 1 aromatic carbocycles. The summed E-state index contributed by atoms with van der Waals surface area (Å²) >= 11 is 5.64. The van der Waals surface area contributed by atoms with Crippen molar-refractivity contribution < 1.29 is 4.79 Å². The third kappa shape index (κ3) is 5.43. The molecule has 3 aromatic rings. The lowest BCUT2D eigenvalue weighted by molar-refractivity contribution is 0.101. The Labute approximate surface area is 164 Å². The van der Waals surface area contributed by atoms with Gasteiger partial charge in [-0.2, -0.15) is 0 Å². The van der Waals surface area contributed by atoms with Crippen LogP contribution in [0.15, 0.2) is 73.2 Å². The second-order valence-electron chi connectivity index (χ2n) is 6.10.